The topological polar surface area (TPSA) is 96.2 Å². The first-order chi connectivity index (χ1) is 15.0. The number of hydrogen-bond acceptors (Lipinski definition) is 8. The van der Waals surface area contributed by atoms with Gasteiger partial charge in [-0.2, -0.15) is 5.26 Å². The number of nitrogens with zero attached hydrogens (tertiary/aromatic N) is 5. The molecule has 0 fully saturated rings. The van der Waals surface area contributed by atoms with E-state index in [4.69, 9.17) is 9.47 Å². The molecule has 0 aliphatic heterocycles. The lowest BCUT2D eigenvalue weighted by Gasteiger charge is -2.18. The number of fused-ring (bicyclic) bond motifs is 1. The van der Waals surface area contributed by atoms with E-state index in [1.807, 2.05) is 50.3 Å². The molecule has 0 aliphatic carbocycles. The van der Waals surface area contributed by atoms with Crippen LogP contribution in [-0.2, 0) is 11.2 Å². The molecule has 0 unspecified atom stereocenters. The lowest BCUT2D eigenvalue weighted by Crippen LogP contribution is -2.28. The maximum Gasteiger partial charge on any atom is 0.251 e. The molecule has 0 aliphatic rings. The molecular weight excluding hydrogens is 392 g/mol. The predicted molar refractivity (Wildman–Crippen MR) is 120 cm³/mol. The van der Waals surface area contributed by atoms with Gasteiger partial charge < -0.3 is 19.7 Å². The predicted octanol–water partition coefficient (Wildman–Crippen LogP) is 2.87. The van der Waals surface area contributed by atoms with Crippen LogP contribution >= 0.6 is 0 Å². The Morgan fingerprint density at radius 2 is 2.03 bits per heavy atom. The second kappa shape index (κ2) is 10.7. The molecule has 1 aromatic carbocycles. The highest BCUT2D eigenvalue weighted by Crippen LogP contribution is 2.24. The number of rotatable bonds is 10. The van der Waals surface area contributed by atoms with Gasteiger partial charge in [0.15, 0.2) is 0 Å². The average Bonchev–Trinajstić information content (AvgIpc) is 2.73. The van der Waals surface area contributed by atoms with Crippen molar-refractivity contribution in [2.75, 3.05) is 46.2 Å². The molecule has 1 N–H and O–H groups in total. The van der Waals surface area contributed by atoms with Gasteiger partial charge in [-0.3, -0.25) is 4.98 Å². The van der Waals surface area contributed by atoms with Crippen molar-refractivity contribution in [2.45, 2.75) is 19.4 Å². The second-order valence-electron chi connectivity index (χ2n) is 7.62. The molecule has 0 bridgehead atoms. The number of likely N-dealkylation sites (N-methyl/N-ethyl adjacent to an activating group) is 1. The number of aromatic nitrogens is 3. The van der Waals surface area contributed by atoms with Gasteiger partial charge in [0.1, 0.15) is 12.2 Å². The zero-order chi connectivity index (χ0) is 22.2. The highest BCUT2D eigenvalue weighted by molar-refractivity contribution is 5.93. The fourth-order valence-electron chi connectivity index (χ4n) is 3.33. The van der Waals surface area contributed by atoms with Gasteiger partial charge >= 0.3 is 0 Å². The molecule has 0 saturated carbocycles. The molecule has 2 aromatic heterocycles. The van der Waals surface area contributed by atoms with Gasteiger partial charge in [0, 0.05) is 49.6 Å². The van der Waals surface area contributed by atoms with Gasteiger partial charge in [0.25, 0.3) is 5.88 Å². The van der Waals surface area contributed by atoms with Crippen molar-refractivity contribution >= 4 is 16.5 Å². The van der Waals surface area contributed by atoms with E-state index in [9.17, 15) is 5.26 Å². The summed E-state index contributed by atoms with van der Waals surface area (Å²) in [6.07, 6.45) is 3.85. The molecular formula is C23H28N6O2. The van der Waals surface area contributed by atoms with Crippen molar-refractivity contribution in [2.24, 2.45) is 0 Å². The summed E-state index contributed by atoms with van der Waals surface area (Å²) in [5.74, 6) is 0.264. The Kier molecular flexibility index (Phi) is 7.70. The number of ether oxygens (including phenoxy) is 2. The minimum absolute atomic E-state index is 0.116. The number of hydrogen-bond donors (Lipinski definition) is 1. The maximum absolute atomic E-state index is 9.35. The summed E-state index contributed by atoms with van der Waals surface area (Å²) in [5, 5.41) is 14.9. The van der Waals surface area contributed by atoms with Crippen LogP contribution in [0.2, 0.25) is 0 Å². The third-order valence-electron chi connectivity index (χ3n) is 4.64. The molecule has 0 radical (unpaired) electrons. The Bertz CT molecular complexity index is 1060. The third kappa shape index (κ3) is 6.10. The Labute approximate surface area is 182 Å². The number of nitrogens with one attached hydrogen (secondary N) is 1. The number of benzene rings is 1. The first-order valence-corrected chi connectivity index (χ1v) is 10.2. The van der Waals surface area contributed by atoms with Crippen LogP contribution < -0.4 is 10.1 Å². The summed E-state index contributed by atoms with van der Waals surface area (Å²) in [7, 11) is 5.62. The highest BCUT2D eigenvalue weighted by atomic mass is 16.5. The van der Waals surface area contributed by atoms with Gasteiger partial charge in [-0.15, -0.1) is 0 Å². The second-order valence-corrected chi connectivity index (χ2v) is 7.62. The molecule has 0 spiro atoms. The smallest absolute Gasteiger partial charge is 0.251 e. The van der Waals surface area contributed by atoms with Crippen molar-refractivity contribution in [1.29, 1.82) is 5.26 Å². The number of anilines is 1. The van der Waals surface area contributed by atoms with E-state index >= 15 is 0 Å². The van der Waals surface area contributed by atoms with Crippen LogP contribution in [0.4, 0.5) is 5.69 Å². The van der Waals surface area contributed by atoms with Crippen molar-refractivity contribution in [3.63, 3.8) is 0 Å². The van der Waals surface area contributed by atoms with Crippen LogP contribution in [0.1, 0.15) is 24.0 Å². The van der Waals surface area contributed by atoms with Gasteiger partial charge in [-0.1, -0.05) is 12.1 Å². The van der Waals surface area contributed by atoms with Crippen molar-refractivity contribution in [3.05, 3.63) is 53.7 Å². The van der Waals surface area contributed by atoms with Crippen LogP contribution in [0, 0.1) is 11.3 Å². The minimum atomic E-state index is -0.116. The summed E-state index contributed by atoms with van der Waals surface area (Å²) in [4.78, 5) is 15.4. The van der Waals surface area contributed by atoms with E-state index in [-0.39, 0.29) is 17.7 Å². The van der Waals surface area contributed by atoms with Crippen LogP contribution in [0.15, 0.2) is 36.7 Å². The van der Waals surface area contributed by atoms with E-state index in [0.717, 1.165) is 28.7 Å². The van der Waals surface area contributed by atoms with Crippen LogP contribution in [0.5, 0.6) is 5.88 Å². The van der Waals surface area contributed by atoms with Gasteiger partial charge in [-0.05, 0) is 38.5 Å². The van der Waals surface area contributed by atoms with Gasteiger partial charge in [0.05, 0.1) is 18.5 Å². The molecule has 0 saturated heterocycles. The SMILES string of the molecule is COCCNc1cccc2cc(Cc3cnc(C#N)c(O[C@H](C)CN(C)C)n3)ncc12. The summed E-state index contributed by atoms with van der Waals surface area (Å²) in [6, 6.07) is 10.2. The molecule has 0 amide bonds. The minimum Gasteiger partial charge on any atom is -0.471 e. The highest BCUT2D eigenvalue weighted by Gasteiger charge is 2.14. The molecule has 3 aromatic rings. The van der Waals surface area contributed by atoms with Crippen LogP contribution in [-0.4, -0.2) is 66.9 Å². The maximum atomic E-state index is 9.35. The Hall–Kier alpha value is -3.28. The van der Waals surface area contributed by atoms with E-state index in [1.54, 1.807) is 13.3 Å². The molecule has 3 rings (SSSR count). The van der Waals surface area contributed by atoms with Crippen molar-refractivity contribution in [3.8, 4) is 11.9 Å². The Morgan fingerprint density at radius 3 is 2.77 bits per heavy atom. The molecule has 162 valence electrons. The molecule has 31 heavy (non-hydrogen) atoms. The fraction of sp³-hybridized carbons (Fsp3) is 0.391. The van der Waals surface area contributed by atoms with E-state index < -0.39 is 0 Å². The summed E-state index contributed by atoms with van der Waals surface area (Å²) >= 11 is 0. The summed E-state index contributed by atoms with van der Waals surface area (Å²) < 4.78 is 11.0. The monoisotopic (exact) mass is 420 g/mol. The Balaban J connectivity index is 1.80. The molecule has 2 heterocycles. The summed E-state index contributed by atoms with van der Waals surface area (Å²) in [6.45, 7) is 4.02. The van der Waals surface area contributed by atoms with Crippen LogP contribution in [0.3, 0.4) is 0 Å². The third-order valence-corrected chi connectivity index (χ3v) is 4.64. The van der Waals surface area contributed by atoms with E-state index in [0.29, 0.717) is 25.3 Å². The zero-order valence-corrected chi connectivity index (χ0v) is 18.4. The fourth-order valence-corrected chi connectivity index (χ4v) is 3.33. The zero-order valence-electron chi connectivity index (χ0n) is 18.4. The first kappa shape index (κ1) is 22.4. The van der Waals surface area contributed by atoms with Crippen molar-refractivity contribution in [1.82, 2.24) is 19.9 Å². The number of methoxy groups -OCH3 is 1. The lowest BCUT2D eigenvalue weighted by atomic mass is 10.1. The quantitative estimate of drug-likeness (QED) is 0.500. The average molecular weight is 421 g/mol. The summed E-state index contributed by atoms with van der Waals surface area (Å²) in [5.41, 5.74) is 2.78. The van der Waals surface area contributed by atoms with E-state index in [1.165, 1.54) is 0 Å². The largest absolute Gasteiger partial charge is 0.471 e. The standard InChI is InChI=1S/C23H28N6O2/c1-16(15-29(2)3)31-23-22(12-24)27-13-19(28-23)11-18-10-17-6-5-7-21(20(17)14-26-18)25-8-9-30-4/h5-7,10,13-14,16,25H,8-9,11,15H2,1-4H3/t16-/m1/s1. The first-order valence-electron chi connectivity index (χ1n) is 10.2. The Morgan fingerprint density at radius 1 is 1.19 bits per heavy atom. The number of nitriles is 1. The molecule has 8 nitrogen and oxygen atoms in total. The number of pyridine rings is 1. The van der Waals surface area contributed by atoms with E-state index in [2.05, 4.69) is 32.4 Å². The van der Waals surface area contributed by atoms with Gasteiger partial charge in [-0.25, -0.2) is 9.97 Å². The molecule has 8 heteroatoms. The molecule has 1 atom stereocenters. The van der Waals surface area contributed by atoms with Crippen molar-refractivity contribution < 1.29 is 9.47 Å². The van der Waals surface area contributed by atoms with Gasteiger partial charge in [0.2, 0.25) is 5.69 Å². The lowest BCUT2D eigenvalue weighted by molar-refractivity contribution is 0.169. The normalized spacial score (nSPS) is 12.0. The van der Waals surface area contributed by atoms with Crippen LogP contribution in [0.25, 0.3) is 10.8 Å².